The third kappa shape index (κ3) is 7.72. The molecule has 1 rings (SSSR count). The molecule has 1 aromatic rings. The molecule has 0 aliphatic rings. The van der Waals surface area contributed by atoms with Crippen molar-refractivity contribution in [3.05, 3.63) is 47.5 Å². The topological polar surface area (TPSA) is 63.6 Å². The lowest BCUT2D eigenvalue weighted by Gasteiger charge is -2.30. The zero-order chi connectivity index (χ0) is 19.3. The van der Waals surface area contributed by atoms with Crippen molar-refractivity contribution in [2.24, 2.45) is 5.41 Å². The van der Waals surface area contributed by atoms with Crippen LogP contribution in [0.2, 0.25) is 0 Å². The number of sulfone groups is 1. The van der Waals surface area contributed by atoms with Crippen molar-refractivity contribution < 1.29 is 18.3 Å². The zero-order valence-electron chi connectivity index (χ0n) is 16.2. The maximum absolute atomic E-state index is 11.7. The molecule has 0 amide bonds. The summed E-state index contributed by atoms with van der Waals surface area (Å²) in [5.41, 5.74) is 1.61. The molecule has 0 saturated heterocycles. The monoisotopic (exact) mass is 368 g/mol. The van der Waals surface area contributed by atoms with Gasteiger partial charge in [-0.05, 0) is 30.4 Å². The minimum Gasteiger partial charge on any atom is -0.392 e. The van der Waals surface area contributed by atoms with Crippen LogP contribution in [-0.2, 0) is 21.2 Å². The van der Waals surface area contributed by atoms with Gasteiger partial charge in [-0.25, -0.2) is 8.42 Å². The fraction of sp³-hybridized carbons (Fsp3) is 0.600. The second-order valence-corrected chi connectivity index (χ2v) is 10.3. The van der Waals surface area contributed by atoms with E-state index in [4.69, 9.17) is 4.74 Å². The van der Waals surface area contributed by atoms with Crippen molar-refractivity contribution >= 4 is 9.84 Å². The highest BCUT2D eigenvalue weighted by atomic mass is 32.2. The number of aliphatic hydroxyl groups excluding tert-OH is 1. The molecule has 0 aromatic heterocycles. The van der Waals surface area contributed by atoms with Gasteiger partial charge in [0.05, 0.1) is 24.1 Å². The van der Waals surface area contributed by atoms with Crippen LogP contribution in [0.4, 0.5) is 0 Å². The number of aliphatic hydroxyl groups is 1. The summed E-state index contributed by atoms with van der Waals surface area (Å²) in [7, 11) is -3.15. The van der Waals surface area contributed by atoms with Gasteiger partial charge in [0.2, 0.25) is 0 Å². The van der Waals surface area contributed by atoms with Crippen LogP contribution in [0.3, 0.4) is 0 Å². The maximum Gasteiger partial charge on any atom is 0.153 e. The second kappa shape index (κ2) is 8.97. The van der Waals surface area contributed by atoms with Gasteiger partial charge in [-0.1, -0.05) is 57.2 Å². The molecule has 0 fully saturated rings. The quantitative estimate of drug-likeness (QED) is 0.710. The fourth-order valence-corrected chi connectivity index (χ4v) is 2.78. The average molecular weight is 369 g/mol. The molecule has 5 heteroatoms. The van der Waals surface area contributed by atoms with E-state index in [2.05, 4.69) is 0 Å². The largest absolute Gasteiger partial charge is 0.392 e. The van der Waals surface area contributed by atoms with Gasteiger partial charge in [0.15, 0.2) is 9.84 Å². The average Bonchev–Trinajstić information content (AvgIpc) is 2.50. The van der Waals surface area contributed by atoms with Gasteiger partial charge in [0, 0.05) is 12.7 Å². The SMILES string of the molecule is C/C(=C\[C@H](C)S(C)(=O)=O)[C@H](C[C@@H](O)C(C)(C)C)OCc1ccccc1. The first kappa shape index (κ1) is 21.9. The molecule has 0 radical (unpaired) electrons. The predicted molar refractivity (Wildman–Crippen MR) is 103 cm³/mol. The van der Waals surface area contributed by atoms with Gasteiger partial charge in [-0.15, -0.1) is 0 Å². The Morgan fingerprint density at radius 2 is 1.80 bits per heavy atom. The molecule has 0 saturated carbocycles. The summed E-state index contributed by atoms with van der Waals surface area (Å²) in [5.74, 6) is 0. The molecule has 1 N–H and O–H groups in total. The standard InChI is InChI=1S/C20H32O4S/c1-15(12-16(2)25(6,22)23)18(13-19(21)20(3,4)5)24-14-17-10-8-7-9-11-17/h7-12,16,18-19,21H,13-14H2,1-6H3/b15-12+/t16-,18-,19+/m0/s1. The first-order chi connectivity index (χ1) is 11.4. The third-order valence-electron chi connectivity index (χ3n) is 4.41. The molecule has 142 valence electrons. The Morgan fingerprint density at radius 1 is 1.24 bits per heavy atom. The molecule has 0 spiro atoms. The third-order valence-corrected chi connectivity index (χ3v) is 5.90. The van der Waals surface area contributed by atoms with Crippen molar-refractivity contribution in [2.75, 3.05) is 6.26 Å². The molecule has 0 unspecified atom stereocenters. The molecule has 0 aliphatic heterocycles. The van der Waals surface area contributed by atoms with E-state index in [-0.39, 0.29) is 11.5 Å². The number of ether oxygens (including phenoxy) is 1. The van der Waals surface area contributed by atoms with Gasteiger partial charge < -0.3 is 9.84 Å². The first-order valence-corrected chi connectivity index (χ1v) is 10.6. The van der Waals surface area contributed by atoms with E-state index >= 15 is 0 Å². The minimum atomic E-state index is -3.15. The van der Waals surface area contributed by atoms with Gasteiger partial charge >= 0.3 is 0 Å². The Hall–Kier alpha value is -1.17. The van der Waals surface area contributed by atoms with Gasteiger partial charge in [-0.3, -0.25) is 0 Å². The summed E-state index contributed by atoms with van der Waals surface area (Å²) in [4.78, 5) is 0. The van der Waals surface area contributed by atoms with E-state index in [1.165, 1.54) is 6.26 Å². The lowest BCUT2D eigenvalue weighted by molar-refractivity contribution is -0.0123. The highest BCUT2D eigenvalue weighted by Gasteiger charge is 2.27. The molecule has 0 bridgehead atoms. The van der Waals surface area contributed by atoms with Gasteiger partial charge in [0.1, 0.15) is 0 Å². The van der Waals surface area contributed by atoms with Crippen LogP contribution in [0.5, 0.6) is 0 Å². The smallest absolute Gasteiger partial charge is 0.153 e. The van der Waals surface area contributed by atoms with Crippen LogP contribution in [0.15, 0.2) is 42.0 Å². The Balaban J connectivity index is 2.95. The highest BCUT2D eigenvalue weighted by molar-refractivity contribution is 7.91. The number of hydrogen-bond acceptors (Lipinski definition) is 4. The van der Waals surface area contributed by atoms with Crippen molar-refractivity contribution in [1.29, 1.82) is 0 Å². The summed E-state index contributed by atoms with van der Waals surface area (Å²) in [6.07, 6.45) is 2.49. The summed E-state index contributed by atoms with van der Waals surface area (Å²) >= 11 is 0. The summed E-state index contributed by atoms with van der Waals surface area (Å²) in [6.45, 7) is 9.87. The maximum atomic E-state index is 11.7. The van der Waals surface area contributed by atoms with E-state index in [0.717, 1.165) is 11.1 Å². The van der Waals surface area contributed by atoms with Crippen LogP contribution in [-0.4, -0.2) is 37.2 Å². The first-order valence-electron chi connectivity index (χ1n) is 8.62. The second-order valence-electron chi connectivity index (χ2n) is 7.85. The predicted octanol–water partition coefficient (Wildman–Crippen LogP) is 3.75. The Bertz CT molecular complexity index is 657. The van der Waals surface area contributed by atoms with E-state index in [1.807, 2.05) is 58.0 Å². The molecule has 1 aromatic carbocycles. The Morgan fingerprint density at radius 3 is 2.28 bits per heavy atom. The number of hydrogen-bond donors (Lipinski definition) is 1. The van der Waals surface area contributed by atoms with Crippen LogP contribution >= 0.6 is 0 Å². The normalized spacial score (nSPS) is 17.2. The van der Waals surface area contributed by atoms with Crippen molar-refractivity contribution in [3.63, 3.8) is 0 Å². The van der Waals surface area contributed by atoms with Crippen LogP contribution in [0.1, 0.15) is 46.6 Å². The van der Waals surface area contributed by atoms with E-state index in [9.17, 15) is 13.5 Å². The van der Waals surface area contributed by atoms with Crippen molar-refractivity contribution in [1.82, 2.24) is 0 Å². The Kier molecular flexibility index (Phi) is 7.85. The molecule has 3 atom stereocenters. The lowest BCUT2D eigenvalue weighted by Crippen LogP contribution is -2.32. The van der Waals surface area contributed by atoms with E-state index < -0.39 is 21.2 Å². The van der Waals surface area contributed by atoms with E-state index in [1.54, 1.807) is 13.0 Å². The van der Waals surface area contributed by atoms with Crippen LogP contribution in [0.25, 0.3) is 0 Å². The highest BCUT2D eigenvalue weighted by Crippen LogP contribution is 2.26. The number of rotatable bonds is 8. The molecular weight excluding hydrogens is 336 g/mol. The lowest BCUT2D eigenvalue weighted by atomic mass is 9.85. The van der Waals surface area contributed by atoms with Crippen LogP contribution < -0.4 is 0 Å². The van der Waals surface area contributed by atoms with Gasteiger partial charge in [0.25, 0.3) is 0 Å². The minimum absolute atomic E-state index is 0.267. The summed E-state index contributed by atoms with van der Waals surface area (Å²) in [6, 6.07) is 9.81. The molecule has 25 heavy (non-hydrogen) atoms. The van der Waals surface area contributed by atoms with Gasteiger partial charge in [-0.2, -0.15) is 0 Å². The van der Waals surface area contributed by atoms with Crippen LogP contribution in [0, 0.1) is 5.41 Å². The summed E-state index contributed by atoms with van der Waals surface area (Å²) < 4.78 is 29.5. The Labute approximate surface area is 152 Å². The number of benzene rings is 1. The van der Waals surface area contributed by atoms with Crippen molar-refractivity contribution in [3.8, 4) is 0 Å². The van der Waals surface area contributed by atoms with E-state index in [0.29, 0.717) is 13.0 Å². The molecule has 4 nitrogen and oxygen atoms in total. The molecule has 0 heterocycles. The zero-order valence-corrected chi connectivity index (χ0v) is 17.0. The molecule has 0 aliphatic carbocycles. The summed E-state index contributed by atoms with van der Waals surface area (Å²) in [5, 5.41) is 9.89. The fourth-order valence-electron chi connectivity index (χ4n) is 2.31. The van der Waals surface area contributed by atoms with Crippen molar-refractivity contribution in [2.45, 2.75) is 65.1 Å². The molecular formula is C20H32O4S.